The minimum absolute atomic E-state index is 0.313. The molecule has 0 saturated heterocycles. The number of ketones is 1. The summed E-state index contributed by atoms with van der Waals surface area (Å²) in [5, 5.41) is 0. The number of hydrogen-bond donors (Lipinski definition) is 0. The van der Waals surface area contributed by atoms with E-state index in [2.05, 4.69) is 18.2 Å². The van der Waals surface area contributed by atoms with Gasteiger partial charge in [0.1, 0.15) is 5.78 Å². The van der Waals surface area contributed by atoms with Crippen LogP contribution in [0.2, 0.25) is 0 Å². The van der Waals surface area contributed by atoms with E-state index in [-0.39, 0.29) is 0 Å². The number of hydrogen-bond acceptors (Lipinski definition) is 2. The summed E-state index contributed by atoms with van der Waals surface area (Å²) >= 11 is 1.93. The van der Waals surface area contributed by atoms with Gasteiger partial charge in [0.25, 0.3) is 0 Å². The first kappa shape index (κ1) is 12.7. The Bertz CT molecular complexity index is 398. The highest BCUT2D eigenvalue weighted by Crippen LogP contribution is 2.28. The highest BCUT2D eigenvalue weighted by molar-refractivity contribution is 7.99. The SMILES string of the molecule is CC(=O)CCCCSc1ccc2c(c1)CCC2. The number of thioether (sulfide) groups is 1. The van der Waals surface area contributed by atoms with Crippen molar-refractivity contribution in [1.29, 1.82) is 0 Å². The molecule has 0 unspecified atom stereocenters. The Kier molecular flexibility index (Phi) is 4.66. The Balaban J connectivity index is 1.74. The molecule has 0 heterocycles. The van der Waals surface area contributed by atoms with E-state index in [0.717, 1.165) is 25.0 Å². The summed E-state index contributed by atoms with van der Waals surface area (Å²) in [7, 11) is 0. The number of carbonyl (C=O) groups excluding carboxylic acids is 1. The lowest BCUT2D eigenvalue weighted by molar-refractivity contribution is -0.117. The van der Waals surface area contributed by atoms with Gasteiger partial charge in [-0.1, -0.05) is 6.07 Å². The molecule has 0 radical (unpaired) electrons. The van der Waals surface area contributed by atoms with Crippen molar-refractivity contribution in [1.82, 2.24) is 0 Å². The second-order valence-corrected chi connectivity index (χ2v) is 5.96. The number of Topliss-reactive ketones (excluding diaryl/α,β-unsaturated/α-hetero) is 1. The first-order chi connectivity index (χ1) is 8.25. The van der Waals surface area contributed by atoms with E-state index in [0.29, 0.717) is 5.78 Å². The van der Waals surface area contributed by atoms with Gasteiger partial charge in [-0.15, -0.1) is 11.8 Å². The van der Waals surface area contributed by atoms with E-state index >= 15 is 0 Å². The lowest BCUT2D eigenvalue weighted by Crippen LogP contribution is -1.90. The van der Waals surface area contributed by atoms with Crippen LogP contribution >= 0.6 is 11.8 Å². The summed E-state index contributed by atoms with van der Waals surface area (Å²) in [6.07, 6.45) is 6.76. The van der Waals surface area contributed by atoms with Crippen molar-refractivity contribution in [2.45, 2.75) is 50.3 Å². The third kappa shape index (κ3) is 3.88. The van der Waals surface area contributed by atoms with Crippen LogP contribution in [0.4, 0.5) is 0 Å². The Morgan fingerprint density at radius 2 is 2.06 bits per heavy atom. The molecule has 1 aromatic carbocycles. The number of aryl methyl sites for hydroxylation is 2. The number of rotatable bonds is 6. The molecule has 0 fully saturated rings. The topological polar surface area (TPSA) is 17.1 Å². The van der Waals surface area contributed by atoms with Gasteiger partial charge in [-0.25, -0.2) is 0 Å². The summed E-state index contributed by atoms with van der Waals surface area (Å²) in [5.74, 6) is 1.44. The zero-order chi connectivity index (χ0) is 12.1. The normalized spacial score (nSPS) is 13.7. The maximum absolute atomic E-state index is 10.8. The van der Waals surface area contributed by atoms with Crippen LogP contribution in [0.1, 0.15) is 43.7 Å². The summed E-state index contributed by atoms with van der Waals surface area (Å²) in [4.78, 5) is 12.2. The molecule has 92 valence electrons. The van der Waals surface area contributed by atoms with E-state index in [1.807, 2.05) is 11.8 Å². The maximum Gasteiger partial charge on any atom is 0.129 e. The standard InChI is InChI=1S/C15H20OS/c1-12(16)5-2-3-10-17-15-9-8-13-6-4-7-14(13)11-15/h8-9,11H,2-7,10H2,1H3. The molecule has 2 heteroatoms. The molecule has 0 spiro atoms. The van der Waals surface area contributed by atoms with Gasteiger partial charge in [-0.05, 0) is 68.0 Å². The van der Waals surface area contributed by atoms with Gasteiger partial charge in [-0.3, -0.25) is 0 Å². The van der Waals surface area contributed by atoms with Crippen molar-refractivity contribution in [3.05, 3.63) is 29.3 Å². The van der Waals surface area contributed by atoms with Crippen LogP contribution in [-0.4, -0.2) is 11.5 Å². The Hall–Kier alpha value is -0.760. The van der Waals surface area contributed by atoms with Crippen molar-refractivity contribution in [3.8, 4) is 0 Å². The minimum atomic E-state index is 0.313. The lowest BCUT2D eigenvalue weighted by atomic mass is 10.1. The number of carbonyl (C=O) groups is 1. The van der Waals surface area contributed by atoms with E-state index in [1.54, 1.807) is 18.1 Å². The summed E-state index contributed by atoms with van der Waals surface area (Å²) in [6.45, 7) is 1.67. The quantitative estimate of drug-likeness (QED) is 0.558. The van der Waals surface area contributed by atoms with Gasteiger partial charge in [0.15, 0.2) is 0 Å². The van der Waals surface area contributed by atoms with Gasteiger partial charge < -0.3 is 4.79 Å². The molecule has 1 aromatic rings. The van der Waals surface area contributed by atoms with Gasteiger partial charge in [0.2, 0.25) is 0 Å². The largest absolute Gasteiger partial charge is 0.300 e. The predicted octanol–water partition coefficient (Wildman–Crippen LogP) is 4.03. The Labute approximate surface area is 108 Å². The van der Waals surface area contributed by atoms with Crippen molar-refractivity contribution < 1.29 is 4.79 Å². The number of fused-ring (bicyclic) bond motifs is 1. The molecule has 1 aliphatic rings. The predicted molar refractivity (Wildman–Crippen MR) is 73.7 cm³/mol. The van der Waals surface area contributed by atoms with Crippen molar-refractivity contribution in [3.63, 3.8) is 0 Å². The fourth-order valence-electron chi connectivity index (χ4n) is 2.30. The zero-order valence-corrected chi connectivity index (χ0v) is 11.3. The first-order valence-corrected chi connectivity index (χ1v) is 7.48. The van der Waals surface area contributed by atoms with Gasteiger partial charge >= 0.3 is 0 Å². The van der Waals surface area contributed by atoms with Crippen LogP contribution in [0.15, 0.2) is 23.1 Å². The summed E-state index contributed by atoms with van der Waals surface area (Å²) in [5.41, 5.74) is 3.10. The fourth-order valence-corrected chi connectivity index (χ4v) is 3.28. The van der Waals surface area contributed by atoms with Crippen LogP contribution < -0.4 is 0 Å². The zero-order valence-electron chi connectivity index (χ0n) is 10.5. The molecular weight excluding hydrogens is 228 g/mol. The molecule has 0 aliphatic heterocycles. The van der Waals surface area contributed by atoms with Crippen LogP contribution in [0.25, 0.3) is 0 Å². The lowest BCUT2D eigenvalue weighted by Gasteiger charge is -2.04. The van der Waals surface area contributed by atoms with Crippen molar-refractivity contribution in [2.75, 3.05) is 5.75 Å². The maximum atomic E-state index is 10.8. The van der Waals surface area contributed by atoms with E-state index < -0.39 is 0 Å². The van der Waals surface area contributed by atoms with Crippen LogP contribution in [0.3, 0.4) is 0 Å². The van der Waals surface area contributed by atoms with Crippen LogP contribution in [-0.2, 0) is 17.6 Å². The second-order valence-electron chi connectivity index (χ2n) is 4.79. The highest BCUT2D eigenvalue weighted by atomic mass is 32.2. The molecule has 17 heavy (non-hydrogen) atoms. The first-order valence-electron chi connectivity index (χ1n) is 6.50. The average molecular weight is 248 g/mol. The van der Waals surface area contributed by atoms with Crippen LogP contribution in [0, 0.1) is 0 Å². The third-order valence-corrected chi connectivity index (χ3v) is 4.34. The molecule has 2 rings (SSSR count). The minimum Gasteiger partial charge on any atom is -0.300 e. The van der Waals surface area contributed by atoms with E-state index in [4.69, 9.17) is 0 Å². The molecular formula is C15H20OS. The number of benzene rings is 1. The average Bonchev–Trinajstić information content (AvgIpc) is 2.75. The monoisotopic (exact) mass is 248 g/mol. The van der Waals surface area contributed by atoms with E-state index in [1.165, 1.54) is 24.2 Å². The van der Waals surface area contributed by atoms with Gasteiger partial charge in [-0.2, -0.15) is 0 Å². The Morgan fingerprint density at radius 1 is 1.24 bits per heavy atom. The fraction of sp³-hybridized carbons (Fsp3) is 0.533. The molecule has 1 aliphatic carbocycles. The molecule has 0 atom stereocenters. The van der Waals surface area contributed by atoms with Gasteiger partial charge in [0.05, 0.1) is 0 Å². The third-order valence-electron chi connectivity index (χ3n) is 3.26. The molecule has 0 bridgehead atoms. The van der Waals surface area contributed by atoms with E-state index in [9.17, 15) is 4.79 Å². The molecule has 0 amide bonds. The molecule has 1 nitrogen and oxygen atoms in total. The van der Waals surface area contributed by atoms with Crippen molar-refractivity contribution >= 4 is 17.5 Å². The number of unbranched alkanes of at least 4 members (excludes halogenated alkanes) is 1. The van der Waals surface area contributed by atoms with Crippen molar-refractivity contribution in [2.24, 2.45) is 0 Å². The highest BCUT2D eigenvalue weighted by Gasteiger charge is 2.10. The van der Waals surface area contributed by atoms with Gasteiger partial charge in [0, 0.05) is 11.3 Å². The molecule has 0 N–H and O–H groups in total. The molecule has 0 aromatic heterocycles. The Morgan fingerprint density at radius 3 is 2.88 bits per heavy atom. The smallest absolute Gasteiger partial charge is 0.129 e. The molecule has 0 saturated carbocycles. The second kappa shape index (κ2) is 6.25. The summed E-state index contributed by atoms with van der Waals surface area (Å²) < 4.78 is 0. The van der Waals surface area contributed by atoms with Crippen LogP contribution in [0.5, 0.6) is 0 Å². The summed E-state index contributed by atoms with van der Waals surface area (Å²) in [6, 6.07) is 6.90.